The number of para-hydroxylation sites is 1. The fourth-order valence-electron chi connectivity index (χ4n) is 1.50. The van der Waals surface area contributed by atoms with E-state index in [0.717, 1.165) is 0 Å². The van der Waals surface area contributed by atoms with Gasteiger partial charge in [-0.05, 0) is 40.2 Å². The number of ether oxygens (including phenoxy) is 1. The summed E-state index contributed by atoms with van der Waals surface area (Å²) in [5.41, 5.74) is 6.16. The van der Waals surface area contributed by atoms with Gasteiger partial charge in [-0.2, -0.15) is 0 Å². The van der Waals surface area contributed by atoms with Crippen LogP contribution in [-0.2, 0) is 0 Å². The Balaban J connectivity index is 2.42. The molecule has 0 spiro atoms. The van der Waals surface area contributed by atoms with Crippen molar-refractivity contribution in [3.63, 3.8) is 0 Å². The number of nitrogens with zero attached hydrogens (tertiary/aromatic N) is 1. The second kappa shape index (κ2) is 5.55. The van der Waals surface area contributed by atoms with Crippen molar-refractivity contribution >= 4 is 21.8 Å². The third kappa shape index (κ3) is 2.62. The molecule has 2 rings (SSSR count). The van der Waals surface area contributed by atoms with E-state index in [4.69, 9.17) is 15.7 Å². The Hall–Kier alpha value is -2.01. The molecule has 0 aliphatic heterocycles. The molecule has 0 bridgehead atoms. The predicted octanol–water partition coefficient (Wildman–Crippen LogP) is 3.34. The Morgan fingerprint density at radius 3 is 2.50 bits per heavy atom. The maximum Gasteiger partial charge on any atom is 0.175 e. The molecule has 0 saturated carbocycles. The van der Waals surface area contributed by atoms with Crippen LogP contribution in [0, 0.1) is 0 Å². The lowest BCUT2D eigenvalue weighted by Gasteiger charge is -2.11. The van der Waals surface area contributed by atoms with Gasteiger partial charge in [0.05, 0.1) is 5.56 Å². The Bertz CT molecular complexity index is 570. The molecule has 2 aromatic carbocycles. The first-order chi connectivity index (χ1) is 8.72. The van der Waals surface area contributed by atoms with Crippen molar-refractivity contribution in [2.24, 2.45) is 10.9 Å². The zero-order valence-electron chi connectivity index (χ0n) is 9.38. The van der Waals surface area contributed by atoms with Crippen LogP contribution >= 0.6 is 15.9 Å². The highest BCUT2D eigenvalue weighted by Crippen LogP contribution is 2.30. The van der Waals surface area contributed by atoms with Gasteiger partial charge in [-0.1, -0.05) is 29.4 Å². The third-order valence-electron chi connectivity index (χ3n) is 2.31. The van der Waals surface area contributed by atoms with E-state index in [2.05, 4.69) is 21.1 Å². The van der Waals surface area contributed by atoms with E-state index in [-0.39, 0.29) is 5.84 Å². The molecular weight excluding hydrogens is 296 g/mol. The van der Waals surface area contributed by atoms with Crippen molar-refractivity contribution in [1.82, 2.24) is 0 Å². The van der Waals surface area contributed by atoms with Crippen LogP contribution < -0.4 is 10.5 Å². The van der Waals surface area contributed by atoms with E-state index in [0.29, 0.717) is 21.5 Å². The lowest BCUT2D eigenvalue weighted by atomic mass is 10.2. The maximum atomic E-state index is 8.79. The van der Waals surface area contributed by atoms with E-state index < -0.39 is 0 Å². The average Bonchev–Trinajstić information content (AvgIpc) is 2.39. The third-order valence-corrected chi connectivity index (χ3v) is 2.97. The fraction of sp³-hybridized carbons (Fsp3) is 0. The molecule has 0 aromatic heterocycles. The van der Waals surface area contributed by atoms with Crippen LogP contribution in [0.15, 0.2) is 58.2 Å². The molecule has 0 fully saturated rings. The summed E-state index contributed by atoms with van der Waals surface area (Å²) < 4.78 is 6.41. The fourth-order valence-corrected chi connectivity index (χ4v) is 2.05. The molecule has 0 saturated heterocycles. The van der Waals surface area contributed by atoms with Crippen LogP contribution in [0.1, 0.15) is 5.56 Å². The lowest BCUT2D eigenvalue weighted by molar-refractivity contribution is 0.318. The van der Waals surface area contributed by atoms with E-state index >= 15 is 0 Å². The molecule has 0 amide bonds. The molecule has 2 aromatic rings. The van der Waals surface area contributed by atoms with Crippen LogP contribution in [0.2, 0.25) is 0 Å². The van der Waals surface area contributed by atoms with Crippen molar-refractivity contribution in [2.75, 3.05) is 0 Å². The standard InChI is InChI=1S/C13H11BrN2O2/c14-10-7-4-8-11(12(10)13(15)16-17)18-9-5-2-1-3-6-9/h1-8,17H,(H2,15,16). The van der Waals surface area contributed by atoms with E-state index in [1.54, 1.807) is 12.1 Å². The van der Waals surface area contributed by atoms with Crippen LogP contribution in [0.25, 0.3) is 0 Å². The molecule has 3 N–H and O–H groups in total. The average molecular weight is 307 g/mol. The number of rotatable bonds is 3. The van der Waals surface area contributed by atoms with Gasteiger partial charge in [0.1, 0.15) is 11.5 Å². The highest BCUT2D eigenvalue weighted by molar-refractivity contribution is 9.10. The molecule has 0 unspecified atom stereocenters. The molecule has 0 radical (unpaired) electrons. The minimum Gasteiger partial charge on any atom is -0.457 e. The smallest absolute Gasteiger partial charge is 0.175 e. The number of amidine groups is 1. The molecule has 0 aliphatic rings. The van der Waals surface area contributed by atoms with Gasteiger partial charge < -0.3 is 15.7 Å². The minimum absolute atomic E-state index is 0.00611. The first-order valence-electron chi connectivity index (χ1n) is 5.21. The van der Waals surface area contributed by atoms with Crippen molar-refractivity contribution in [3.05, 3.63) is 58.6 Å². The zero-order valence-corrected chi connectivity index (χ0v) is 11.0. The first kappa shape index (κ1) is 12.4. The maximum absolute atomic E-state index is 8.79. The van der Waals surface area contributed by atoms with Gasteiger partial charge in [0.15, 0.2) is 5.84 Å². The highest BCUT2D eigenvalue weighted by atomic mass is 79.9. The number of oxime groups is 1. The number of hydrogen-bond acceptors (Lipinski definition) is 3. The molecule has 4 nitrogen and oxygen atoms in total. The summed E-state index contributed by atoms with van der Waals surface area (Å²) in [7, 11) is 0. The molecule has 92 valence electrons. The van der Waals surface area contributed by atoms with Gasteiger partial charge in [-0.3, -0.25) is 0 Å². The first-order valence-corrected chi connectivity index (χ1v) is 6.01. The summed E-state index contributed by atoms with van der Waals surface area (Å²) in [5, 5.41) is 11.8. The van der Waals surface area contributed by atoms with E-state index in [1.165, 1.54) is 0 Å². The van der Waals surface area contributed by atoms with E-state index in [9.17, 15) is 0 Å². The van der Waals surface area contributed by atoms with Gasteiger partial charge in [-0.15, -0.1) is 0 Å². The van der Waals surface area contributed by atoms with Crippen molar-refractivity contribution in [2.45, 2.75) is 0 Å². The SMILES string of the molecule is N/C(=N/O)c1c(Br)cccc1Oc1ccccc1. The summed E-state index contributed by atoms with van der Waals surface area (Å²) in [6, 6.07) is 14.7. The molecule has 0 heterocycles. The predicted molar refractivity (Wildman–Crippen MR) is 73.2 cm³/mol. The van der Waals surface area contributed by atoms with Crippen LogP contribution in [0.3, 0.4) is 0 Å². The summed E-state index contributed by atoms with van der Waals surface area (Å²) in [6.07, 6.45) is 0. The van der Waals surface area contributed by atoms with Gasteiger partial charge in [-0.25, -0.2) is 0 Å². The lowest BCUT2D eigenvalue weighted by Crippen LogP contribution is -2.15. The molecule has 0 aliphatic carbocycles. The van der Waals surface area contributed by atoms with Crippen molar-refractivity contribution in [3.8, 4) is 11.5 Å². The van der Waals surface area contributed by atoms with Gasteiger partial charge >= 0.3 is 0 Å². The van der Waals surface area contributed by atoms with Crippen molar-refractivity contribution < 1.29 is 9.94 Å². The zero-order chi connectivity index (χ0) is 13.0. The largest absolute Gasteiger partial charge is 0.457 e. The van der Waals surface area contributed by atoms with Crippen LogP contribution in [0.5, 0.6) is 11.5 Å². The molecule has 18 heavy (non-hydrogen) atoms. The monoisotopic (exact) mass is 306 g/mol. The summed E-state index contributed by atoms with van der Waals surface area (Å²) in [5.74, 6) is 1.20. The van der Waals surface area contributed by atoms with Crippen LogP contribution in [0.4, 0.5) is 0 Å². The van der Waals surface area contributed by atoms with Crippen LogP contribution in [-0.4, -0.2) is 11.0 Å². The topological polar surface area (TPSA) is 67.8 Å². The summed E-state index contributed by atoms with van der Waals surface area (Å²) >= 11 is 3.35. The molecule has 0 atom stereocenters. The quantitative estimate of drug-likeness (QED) is 0.395. The highest BCUT2D eigenvalue weighted by Gasteiger charge is 2.13. The summed E-state index contributed by atoms with van der Waals surface area (Å²) in [6.45, 7) is 0. The Kier molecular flexibility index (Phi) is 3.84. The second-order valence-corrected chi connectivity index (χ2v) is 4.37. The number of benzene rings is 2. The summed E-state index contributed by atoms with van der Waals surface area (Å²) in [4.78, 5) is 0. The van der Waals surface area contributed by atoms with Gasteiger partial charge in [0.2, 0.25) is 0 Å². The van der Waals surface area contributed by atoms with Gasteiger partial charge in [0.25, 0.3) is 0 Å². The van der Waals surface area contributed by atoms with Crippen molar-refractivity contribution in [1.29, 1.82) is 0 Å². The Morgan fingerprint density at radius 1 is 1.11 bits per heavy atom. The second-order valence-electron chi connectivity index (χ2n) is 3.51. The molecule has 5 heteroatoms. The number of nitrogens with two attached hydrogens (primary N) is 1. The van der Waals surface area contributed by atoms with Gasteiger partial charge in [0, 0.05) is 4.47 Å². The number of halogens is 1. The molecular formula is C13H11BrN2O2. The minimum atomic E-state index is -0.00611. The Morgan fingerprint density at radius 2 is 1.83 bits per heavy atom. The van der Waals surface area contributed by atoms with E-state index in [1.807, 2.05) is 36.4 Å². The Labute approximate surface area is 113 Å². The normalized spacial score (nSPS) is 11.3. The number of hydrogen-bond donors (Lipinski definition) is 2.